The fraction of sp³-hybridized carbons (Fsp3) is 0.588. The van der Waals surface area contributed by atoms with Crippen molar-refractivity contribution in [1.29, 1.82) is 0 Å². The molecular weight excluding hydrogens is 266 g/mol. The molecule has 0 heterocycles. The second kappa shape index (κ2) is 7.91. The van der Waals surface area contributed by atoms with E-state index in [1.165, 1.54) is 12.8 Å². The number of benzene rings is 1. The maximum Gasteiger partial charge on any atom is 0.223 e. The Bertz CT molecular complexity index is 461. The largest absolute Gasteiger partial charge is 0.493 e. The van der Waals surface area contributed by atoms with Gasteiger partial charge in [0.2, 0.25) is 5.91 Å². The zero-order chi connectivity index (χ0) is 15.1. The summed E-state index contributed by atoms with van der Waals surface area (Å²) in [5.74, 6) is 2.16. The molecule has 21 heavy (non-hydrogen) atoms. The molecule has 0 aromatic heterocycles. The average molecular weight is 291 g/mol. The Morgan fingerprint density at radius 2 is 2.05 bits per heavy atom. The summed E-state index contributed by atoms with van der Waals surface area (Å²) in [6, 6.07) is 7.81. The average Bonchev–Trinajstić information content (AvgIpc) is 2.47. The highest BCUT2D eigenvalue weighted by Crippen LogP contribution is 2.26. The summed E-state index contributed by atoms with van der Waals surface area (Å²) in [6.07, 6.45) is 5.07. The minimum atomic E-state index is 0.0731. The van der Waals surface area contributed by atoms with Gasteiger partial charge >= 0.3 is 0 Å². The van der Waals surface area contributed by atoms with Crippen molar-refractivity contribution < 1.29 is 14.3 Å². The van der Waals surface area contributed by atoms with Gasteiger partial charge in [-0.2, -0.15) is 0 Å². The van der Waals surface area contributed by atoms with Gasteiger partial charge in [-0.1, -0.05) is 31.9 Å². The van der Waals surface area contributed by atoms with Crippen molar-refractivity contribution in [3.63, 3.8) is 0 Å². The number of carbonyl (C=O) groups excluding carboxylic acids is 1. The highest BCUT2D eigenvalue weighted by Gasteiger charge is 2.20. The zero-order valence-electron chi connectivity index (χ0n) is 12.9. The van der Waals surface area contributed by atoms with E-state index in [-0.39, 0.29) is 5.91 Å². The number of ether oxygens (including phenoxy) is 2. The number of nitrogens with one attached hydrogen (secondary N) is 1. The molecule has 1 aromatic carbocycles. The van der Waals surface area contributed by atoms with E-state index in [1.54, 1.807) is 7.11 Å². The van der Waals surface area contributed by atoms with Crippen molar-refractivity contribution in [3.8, 4) is 11.5 Å². The third-order valence-electron chi connectivity index (χ3n) is 3.96. The lowest BCUT2D eigenvalue weighted by Crippen LogP contribution is -2.38. The van der Waals surface area contributed by atoms with Crippen LogP contribution >= 0.6 is 0 Å². The molecule has 0 aliphatic heterocycles. The number of rotatable bonds is 6. The first kappa shape index (κ1) is 15.7. The van der Waals surface area contributed by atoms with Gasteiger partial charge in [0.1, 0.15) is 0 Å². The Balaban J connectivity index is 1.71. The molecule has 1 N–H and O–H groups in total. The second-order valence-corrected chi connectivity index (χ2v) is 5.79. The van der Waals surface area contributed by atoms with Gasteiger partial charge in [-0.25, -0.2) is 0 Å². The molecule has 4 heteroatoms. The van der Waals surface area contributed by atoms with Crippen LogP contribution in [-0.2, 0) is 4.79 Å². The van der Waals surface area contributed by atoms with Crippen molar-refractivity contribution in [2.75, 3.05) is 13.7 Å². The van der Waals surface area contributed by atoms with Crippen LogP contribution in [0.4, 0.5) is 0 Å². The molecule has 116 valence electrons. The molecule has 0 bridgehead atoms. The SMILES string of the molecule is COc1ccccc1OCCC(=O)NC1CCCC(C)C1. The van der Waals surface area contributed by atoms with E-state index in [4.69, 9.17) is 9.47 Å². The van der Waals surface area contributed by atoms with Crippen LogP contribution in [0.3, 0.4) is 0 Å². The molecular formula is C17H25NO3. The third kappa shape index (κ3) is 4.96. The smallest absolute Gasteiger partial charge is 0.223 e. The molecule has 4 nitrogen and oxygen atoms in total. The van der Waals surface area contributed by atoms with Gasteiger partial charge in [0.05, 0.1) is 20.1 Å². The fourth-order valence-electron chi connectivity index (χ4n) is 2.86. The predicted octanol–water partition coefficient (Wildman–Crippen LogP) is 3.16. The van der Waals surface area contributed by atoms with Crippen LogP contribution in [0, 0.1) is 5.92 Å². The molecule has 1 aromatic rings. The van der Waals surface area contributed by atoms with Crippen molar-refractivity contribution in [1.82, 2.24) is 5.32 Å². The maximum atomic E-state index is 11.9. The van der Waals surface area contributed by atoms with Gasteiger partial charge in [-0.05, 0) is 30.9 Å². The topological polar surface area (TPSA) is 47.6 Å². The second-order valence-electron chi connectivity index (χ2n) is 5.79. The van der Waals surface area contributed by atoms with Crippen LogP contribution in [0.1, 0.15) is 39.0 Å². The Hall–Kier alpha value is -1.71. The number of para-hydroxylation sites is 2. The molecule has 1 fully saturated rings. The van der Waals surface area contributed by atoms with E-state index in [2.05, 4.69) is 12.2 Å². The van der Waals surface area contributed by atoms with E-state index in [0.717, 1.165) is 12.8 Å². The van der Waals surface area contributed by atoms with Crippen LogP contribution in [-0.4, -0.2) is 25.7 Å². The maximum absolute atomic E-state index is 11.9. The summed E-state index contributed by atoms with van der Waals surface area (Å²) in [4.78, 5) is 11.9. The summed E-state index contributed by atoms with van der Waals surface area (Å²) in [5, 5.41) is 3.11. The summed E-state index contributed by atoms with van der Waals surface area (Å²) < 4.78 is 10.8. The predicted molar refractivity (Wildman–Crippen MR) is 82.7 cm³/mol. The first-order chi connectivity index (χ1) is 10.2. The lowest BCUT2D eigenvalue weighted by atomic mass is 9.87. The number of amides is 1. The van der Waals surface area contributed by atoms with Crippen molar-refractivity contribution in [2.24, 2.45) is 5.92 Å². The summed E-state index contributed by atoms with van der Waals surface area (Å²) in [7, 11) is 1.61. The normalized spacial score (nSPS) is 21.6. The summed E-state index contributed by atoms with van der Waals surface area (Å²) >= 11 is 0. The lowest BCUT2D eigenvalue weighted by molar-refractivity contribution is -0.122. The number of carbonyl (C=O) groups is 1. The number of methoxy groups -OCH3 is 1. The standard InChI is InChI=1S/C17H25NO3/c1-13-6-5-7-14(12-13)18-17(19)10-11-21-16-9-4-3-8-15(16)20-2/h3-4,8-9,13-14H,5-7,10-12H2,1-2H3,(H,18,19). The molecule has 1 aliphatic rings. The molecule has 0 spiro atoms. The van der Waals surface area contributed by atoms with Gasteiger partial charge in [0.25, 0.3) is 0 Å². The minimum Gasteiger partial charge on any atom is -0.493 e. The summed E-state index contributed by atoms with van der Waals surface area (Å²) in [5.41, 5.74) is 0. The Morgan fingerprint density at radius 1 is 1.29 bits per heavy atom. The van der Waals surface area contributed by atoms with Crippen LogP contribution in [0.25, 0.3) is 0 Å². The monoisotopic (exact) mass is 291 g/mol. The zero-order valence-corrected chi connectivity index (χ0v) is 12.9. The molecule has 0 radical (unpaired) electrons. The molecule has 1 amide bonds. The Kier molecular flexibility index (Phi) is 5.90. The molecule has 2 rings (SSSR count). The third-order valence-corrected chi connectivity index (χ3v) is 3.96. The highest BCUT2D eigenvalue weighted by atomic mass is 16.5. The minimum absolute atomic E-state index is 0.0731. The number of hydrogen-bond donors (Lipinski definition) is 1. The van der Waals surface area contributed by atoms with Crippen LogP contribution in [0.15, 0.2) is 24.3 Å². The lowest BCUT2D eigenvalue weighted by Gasteiger charge is -2.27. The van der Waals surface area contributed by atoms with Gasteiger partial charge < -0.3 is 14.8 Å². The van der Waals surface area contributed by atoms with Crippen molar-refractivity contribution in [3.05, 3.63) is 24.3 Å². The van der Waals surface area contributed by atoms with Gasteiger partial charge in [-0.3, -0.25) is 4.79 Å². The van der Waals surface area contributed by atoms with Crippen LogP contribution < -0.4 is 14.8 Å². The van der Waals surface area contributed by atoms with Gasteiger partial charge in [0.15, 0.2) is 11.5 Å². The quantitative estimate of drug-likeness (QED) is 0.876. The van der Waals surface area contributed by atoms with E-state index >= 15 is 0 Å². The van der Waals surface area contributed by atoms with Gasteiger partial charge in [-0.15, -0.1) is 0 Å². The Labute approximate surface area is 126 Å². The Morgan fingerprint density at radius 3 is 2.76 bits per heavy atom. The van der Waals surface area contributed by atoms with E-state index in [1.807, 2.05) is 24.3 Å². The first-order valence-electron chi connectivity index (χ1n) is 7.74. The van der Waals surface area contributed by atoms with Crippen molar-refractivity contribution >= 4 is 5.91 Å². The van der Waals surface area contributed by atoms with Gasteiger partial charge in [0, 0.05) is 6.04 Å². The molecule has 0 saturated heterocycles. The first-order valence-corrected chi connectivity index (χ1v) is 7.74. The molecule has 1 aliphatic carbocycles. The molecule has 2 unspecified atom stereocenters. The molecule has 1 saturated carbocycles. The van der Waals surface area contributed by atoms with E-state index in [9.17, 15) is 4.79 Å². The summed E-state index contributed by atoms with van der Waals surface area (Å²) in [6.45, 7) is 2.62. The van der Waals surface area contributed by atoms with Crippen LogP contribution in [0.2, 0.25) is 0 Å². The van der Waals surface area contributed by atoms with E-state index in [0.29, 0.717) is 36.5 Å². The highest BCUT2D eigenvalue weighted by molar-refractivity contribution is 5.76. The van der Waals surface area contributed by atoms with Crippen molar-refractivity contribution in [2.45, 2.75) is 45.1 Å². The van der Waals surface area contributed by atoms with E-state index < -0.39 is 0 Å². The number of hydrogen-bond acceptors (Lipinski definition) is 3. The molecule has 2 atom stereocenters. The fourth-order valence-corrected chi connectivity index (χ4v) is 2.86. The van der Waals surface area contributed by atoms with Crippen LogP contribution in [0.5, 0.6) is 11.5 Å².